The van der Waals surface area contributed by atoms with Gasteiger partial charge in [-0.05, 0) is 48.6 Å². The number of nitrogens with zero attached hydrogens (tertiary/aromatic N) is 4. The van der Waals surface area contributed by atoms with Gasteiger partial charge in [0.25, 0.3) is 0 Å². The monoisotopic (exact) mass is 519 g/mol. The molecule has 6 aromatic heterocycles. The van der Waals surface area contributed by atoms with E-state index in [0.29, 0.717) is 11.3 Å². The first-order valence-electron chi connectivity index (χ1n) is 12.8. The number of amides is 1. The normalized spacial score (nSPS) is 14.3. The molecule has 7 rings (SSSR count). The van der Waals surface area contributed by atoms with E-state index in [-0.39, 0.29) is 11.8 Å². The third-order valence-electron chi connectivity index (χ3n) is 7.33. The lowest BCUT2D eigenvalue weighted by Gasteiger charge is -2.20. The molecule has 0 bridgehead atoms. The Balaban J connectivity index is 1.23. The summed E-state index contributed by atoms with van der Waals surface area (Å²) in [7, 11) is 0. The number of H-pyrrole nitrogens is 2. The van der Waals surface area contributed by atoms with Gasteiger partial charge in [-0.1, -0.05) is 19.3 Å². The first kappa shape index (κ1) is 22.8. The molecule has 1 saturated carbocycles. The lowest BCUT2D eigenvalue weighted by atomic mass is 9.88. The molecule has 3 N–H and O–H groups in total. The molecule has 0 atom stereocenters. The fourth-order valence-corrected chi connectivity index (χ4v) is 5.99. The van der Waals surface area contributed by atoms with E-state index in [9.17, 15) is 4.79 Å². The van der Waals surface area contributed by atoms with Gasteiger partial charge in [0, 0.05) is 62.9 Å². The predicted molar refractivity (Wildman–Crippen MR) is 151 cm³/mol. The molecule has 1 amide bonds. The summed E-state index contributed by atoms with van der Waals surface area (Å²) in [5, 5.41) is 16.8. The van der Waals surface area contributed by atoms with Crippen LogP contribution in [0, 0.1) is 5.92 Å². The number of nitrogens with one attached hydrogen (secondary N) is 3. The lowest BCUT2D eigenvalue weighted by molar-refractivity contribution is -0.120. The maximum atomic E-state index is 12.8. The molecule has 1 aliphatic carbocycles. The average Bonchev–Trinajstić information content (AvgIpc) is 3.73. The molecule has 0 radical (unpaired) electrons. The molecule has 6 heterocycles. The predicted octanol–water partition coefficient (Wildman–Crippen LogP) is 6.81. The van der Waals surface area contributed by atoms with Gasteiger partial charge in [-0.25, -0.2) is 4.98 Å². The van der Waals surface area contributed by atoms with Gasteiger partial charge in [-0.2, -0.15) is 16.4 Å². The van der Waals surface area contributed by atoms with E-state index < -0.39 is 0 Å². The standard InChI is InChI=1S/C29H25N7OS/c37-29(17-4-2-1-3-5-17)33-21-10-19(13-30-15-21)20-11-23-27(35-36-28(23)32-14-20)25-12-22-24(34-25)6-8-31-26(22)18-7-9-38-16-18/h6-17,34H,1-5H2,(H,33,37)(H,32,35,36). The average molecular weight is 520 g/mol. The van der Waals surface area contributed by atoms with Crippen LogP contribution < -0.4 is 5.32 Å². The van der Waals surface area contributed by atoms with Crippen molar-refractivity contribution in [2.75, 3.05) is 5.32 Å². The zero-order valence-electron chi connectivity index (χ0n) is 20.6. The number of carbonyl (C=O) groups excluding carboxylic acids is 1. The Hall–Kier alpha value is -4.37. The molecule has 188 valence electrons. The number of aromatic amines is 2. The lowest BCUT2D eigenvalue weighted by Crippen LogP contribution is -2.24. The molecule has 1 fully saturated rings. The first-order chi connectivity index (χ1) is 18.7. The van der Waals surface area contributed by atoms with Crippen LogP contribution in [0.5, 0.6) is 0 Å². The van der Waals surface area contributed by atoms with E-state index in [1.54, 1.807) is 29.9 Å². The summed E-state index contributed by atoms with van der Waals surface area (Å²) in [6.45, 7) is 0. The third kappa shape index (κ3) is 4.14. The maximum Gasteiger partial charge on any atom is 0.227 e. The summed E-state index contributed by atoms with van der Waals surface area (Å²) in [6, 6.07) is 10.2. The highest BCUT2D eigenvalue weighted by atomic mass is 32.1. The van der Waals surface area contributed by atoms with Gasteiger partial charge in [0.15, 0.2) is 5.65 Å². The van der Waals surface area contributed by atoms with Crippen molar-refractivity contribution >= 4 is 44.9 Å². The number of fused-ring (bicyclic) bond motifs is 2. The maximum absolute atomic E-state index is 12.8. The molecule has 1 aliphatic rings. The van der Waals surface area contributed by atoms with Crippen LogP contribution in [-0.2, 0) is 4.79 Å². The minimum absolute atomic E-state index is 0.0875. The molecule has 0 unspecified atom stereocenters. The van der Waals surface area contributed by atoms with Gasteiger partial charge in [0.05, 0.1) is 23.3 Å². The number of rotatable bonds is 5. The van der Waals surface area contributed by atoms with Crippen molar-refractivity contribution in [3.8, 4) is 33.8 Å². The molecule has 0 aromatic carbocycles. The van der Waals surface area contributed by atoms with Gasteiger partial charge in [-0.3, -0.25) is 19.9 Å². The Kier molecular flexibility index (Phi) is 5.70. The third-order valence-corrected chi connectivity index (χ3v) is 8.01. The smallest absolute Gasteiger partial charge is 0.227 e. The molecular formula is C29H25N7OS. The summed E-state index contributed by atoms with van der Waals surface area (Å²) >= 11 is 1.66. The van der Waals surface area contributed by atoms with Crippen molar-refractivity contribution in [1.29, 1.82) is 0 Å². The summed E-state index contributed by atoms with van der Waals surface area (Å²) in [4.78, 5) is 29.9. The van der Waals surface area contributed by atoms with E-state index >= 15 is 0 Å². The van der Waals surface area contributed by atoms with Gasteiger partial charge in [-0.15, -0.1) is 0 Å². The zero-order valence-corrected chi connectivity index (χ0v) is 21.4. The Bertz CT molecular complexity index is 1760. The van der Waals surface area contributed by atoms with Crippen LogP contribution in [0.1, 0.15) is 32.1 Å². The van der Waals surface area contributed by atoms with Crippen molar-refractivity contribution in [3.05, 3.63) is 65.9 Å². The number of carbonyl (C=O) groups is 1. The number of aromatic nitrogens is 6. The highest BCUT2D eigenvalue weighted by Crippen LogP contribution is 2.34. The summed E-state index contributed by atoms with van der Waals surface area (Å²) in [5.74, 6) is 0.176. The second kappa shape index (κ2) is 9.50. The molecule has 6 aromatic rings. The molecule has 0 spiro atoms. The highest BCUT2D eigenvalue weighted by Gasteiger charge is 2.21. The fraction of sp³-hybridized carbons (Fsp3) is 0.207. The van der Waals surface area contributed by atoms with Gasteiger partial charge < -0.3 is 10.3 Å². The molecule has 38 heavy (non-hydrogen) atoms. The van der Waals surface area contributed by atoms with Crippen molar-refractivity contribution in [3.63, 3.8) is 0 Å². The largest absolute Gasteiger partial charge is 0.353 e. The highest BCUT2D eigenvalue weighted by molar-refractivity contribution is 7.08. The van der Waals surface area contributed by atoms with Crippen LogP contribution in [0.4, 0.5) is 5.69 Å². The first-order valence-corrected chi connectivity index (χ1v) is 13.8. The van der Waals surface area contributed by atoms with E-state index in [1.165, 1.54) is 6.42 Å². The molecule has 9 heteroatoms. The zero-order chi connectivity index (χ0) is 25.5. The number of hydrogen-bond donors (Lipinski definition) is 3. The van der Waals surface area contributed by atoms with Gasteiger partial charge in [0.2, 0.25) is 5.91 Å². The topological polar surface area (TPSA) is 112 Å². The number of pyridine rings is 3. The number of hydrogen-bond acceptors (Lipinski definition) is 6. The molecule has 0 aliphatic heterocycles. The van der Waals surface area contributed by atoms with Gasteiger partial charge >= 0.3 is 0 Å². The minimum atomic E-state index is 0.0875. The quantitative estimate of drug-likeness (QED) is 0.232. The van der Waals surface area contributed by atoms with Crippen LogP contribution in [0.2, 0.25) is 0 Å². The van der Waals surface area contributed by atoms with Crippen molar-refractivity contribution in [2.45, 2.75) is 32.1 Å². The minimum Gasteiger partial charge on any atom is -0.353 e. The van der Waals surface area contributed by atoms with Gasteiger partial charge in [0.1, 0.15) is 5.69 Å². The second-order valence-corrected chi connectivity index (χ2v) is 10.6. The summed E-state index contributed by atoms with van der Waals surface area (Å²) in [5.41, 5.74) is 7.92. The molecular weight excluding hydrogens is 494 g/mol. The second-order valence-electron chi connectivity index (χ2n) is 9.79. The van der Waals surface area contributed by atoms with Crippen LogP contribution in [0.3, 0.4) is 0 Å². The SMILES string of the molecule is O=C(Nc1cncc(-c2cnc3[nH]nc(-c4cc5c(-c6ccsc6)nccc5[nH]4)c3c2)c1)C1CCCCC1. The molecule has 8 nitrogen and oxygen atoms in total. The van der Waals surface area contributed by atoms with Crippen LogP contribution >= 0.6 is 11.3 Å². The van der Waals surface area contributed by atoms with Crippen LogP contribution in [-0.4, -0.2) is 36.0 Å². The van der Waals surface area contributed by atoms with Crippen LogP contribution in [0.25, 0.3) is 55.7 Å². The van der Waals surface area contributed by atoms with Crippen molar-refractivity contribution in [2.24, 2.45) is 5.92 Å². The van der Waals surface area contributed by atoms with Crippen molar-refractivity contribution in [1.82, 2.24) is 30.1 Å². The van der Waals surface area contributed by atoms with E-state index in [0.717, 1.165) is 75.7 Å². The Morgan fingerprint density at radius 1 is 0.921 bits per heavy atom. The Morgan fingerprint density at radius 3 is 2.68 bits per heavy atom. The van der Waals surface area contributed by atoms with E-state index in [1.807, 2.05) is 18.3 Å². The fourth-order valence-electron chi connectivity index (χ4n) is 5.35. The molecule has 0 saturated heterocycles. The van der Waals surface area contributed by atoms with E-state index in [2.05, 4.69) is 64.4 Å². The number of thiophene rings is 1. The Labute approximate surface area is 222 Å². The Morgan fingerprint density at radius 2 is 1.82 bits per heavy atom. The van der Waals surface area contributed by atoms with Crippen molar-refractivity contribution < 1.29 is 4.79 Å². The van der Waals surface area contributed by atoms with E-state index in [4.69, 9.17) is 0 Å². The summed E-state index contributed by atoms with van der Waals surface area (Å²) < 4.78 is 0. The van der Waals surface area contributed by atoms with Crippen LogP contribution in [0.15, 0.2) is 65.9 Å². The number of anilines is 1. The summed E-state index contributed by atoms with van der Waals surface area (Å²) in [6.07, 6.45) is 12.5.